The number of carbonyl (C=O) groups is 1. The van der Waals surface area contributed by atoms with Gasteiger partial charge in [-0.25, -0.2) is 0 Å². The van der Waals surface area contributed by atoms with Crippen molar-refractivity contribution < 1.29 is 4.79 Å². The van der Waals surface area contributed by atoms with Crippen LogP contribution in [0.4, 0.5) is 5.69 Å². The van der Waals surface area contributed by atoms with Crippen molar-refractivity contribution in [2.24, 2.45) is 7.05 Å². The number of nitrogen functional groups attached to an aromatic ring is 1. The number of rotatable bonds is 4. The van der Waals surface area contributed by atoms with E-state index in [9.17, 15) is 9.59 Å². The number of nitrogens with zero attached hydrogens (tertiary/aromatic N) is 1. The Bertz CT molecular complexity index is 764. The standard InChI is InChI=1S/C14H16ClN3O2S/c1-7-11(14(20)18(2)17-7)13(19)8-4-5-10(15)12(16)9(8)6-21-3/h4-5,17H,6,16H2,1-3H3. The van der Waals surface area contributed by atoms with Crippen LogP contribution in [0.3, 0.4) is 0 Å². The number of aromatic amines is 1. The van der Waals surface area contributed by atoms with Gasteiger partial charge in [0.2, 0.25) is 5.78 Å². The molecule has 0 atom stereocenters. The zero-order chi connectivity index (χ0) is 15.7. The molecule has 2 rings (SSSR count). The molecule has 112 valence electrons. The Hall–Kier alpha value is -1.66. The van der Waals surface area contributed by atoms with Crippen LogP contribution >= 0.6 is 23.4 Å². The van der Waals surface area contributed by atoms with Crippen LogP contribution in [0.25, 0.3) is 0 Å². The smallest absolute Gasteiger partial charge is 0.277 e. The molecule has 0 saturated heterocycles. The number of aromatic nitrogens is 2. The van der Waals surface area contributed by atoms with E-state index in [1.165, 1.54) is 16.4 Å². The fourth-order valence-corrected chi connectivity index (χ4v) is 3.01. The average Bonchev–Trinajstić information content (AvgIpc) is 2.68. The van der Waals surface area contributed by atoms with Crippen LogP contribution in [0.2, 0.25) is 5.02 Å². The molecular formula is C14H16ClN3O2S. The van der Waals surface area contributed by atoms with Gasteiger partial charge >= 0.3 is 0 Å². The monoisotopic (exact) mass is 325 g/mol. The summed E-state index contributed by atoms with van der Waals surface area (Å²) in [4.78, 5) is 24.8. The van der Waals surface area contributed by atoms with Gasteiger partial charge in [-0.3, -0.25) is 19.4 Å². The Morgan fingerprint density at radius 1 is 1.48 bits per heavy atom. The maximum absolute atomic E-state index is 12.7. The topological polar surface area (TPSA) is 80.9 Å². The van der Waals surface area contributed by atoms with Crippen LogP contribution in [-0.2, 0) is 12.8 Å². The summed E-state index contributed by atoms with van der Waals surface area (Å²) in [5.74, 6) is 0.221. The van der Waals surface area contributed by atoms with E-state index < -0.39 is 0 Å². The van der Waals surface area contributed by atoms with E-state index >= 15 is 0 Å². The van der Waals surface area contributed by atoms with E-state index in [2.05, 4.69) is 5.10 Å². The molecule has 0 bridgehead atoms. The summed E-state index contributed by atoms with van der Waals surface area (Å²) in [6.07, 6.45) is 1.91. The number of H-pyrrole nitrogens is 1. The third-order valence-electron chi connectivity index (χ3n) is 3.29. The summed E-state index contributed by atoms with van der Waals surface area (Å²) in [6.45, 7) is 1.70. The maximum atomic E-state index is 12.7. The molecule has 0 unspecified atom stereocenters. The number of aryl methyl sites for hydroxylation is 2. The quantitative estimate of drug-likeness (QED) is 0.668. The second-order valence-corrected chi connectivity index (χ2v) is 6.00. The Morgan fingerprint density at radius 3 is 2.67 bits per heavy atom. The van der Waals surface area contributed by atoms with Gasteiger partial charge in [0.05, 0.1) is 10.7 Å². The second-order valence-electron chi connectivity index (χ2n) is 4.73. The van der Waals surface area contributed by atoms with E-state index in [1.807, 2.05) is 6.26 Å². The third-order valence-corrected chi connectivity index (χ3v) is 4.20. The van der Waals surface area contributed by atoms with Gasteiger partial charge < -0.3 is 5.73 Å². The molecule has 0 fully saturated rings. The molecule has 21 heavy (non-hydrogen) atoms. The molecule has 0 aliphatic heterocycles. The summed E-state index contributed by atoms with van der Waals surface area (Å²) >= 11 is 7.56. The van der Waals surface area contributed by atoms with Crippen molar-refractivity contribution >= 4 is 34.8 Å². The van der Waals surface area contributed by atoms with Gasteiger partial charge in [-0.15, -0.1) is 0 Å². The van der Waals surface area contributed by atoms with Gasteiger partial charge in [0.1, 0.15) is 5.56 Å². The van der Waals surface area contributed by atoms with Crippen LogP contribution in [-0.4, -0.2) is 21.8 Å². The highest BCUT2D eigenvalue weighted by Gasteiger charge is 2.23. The molecule has 0 saturated carbocycles. The predicted molar refractivity (Wildman–Crippen MR) is 87.3 cm³/mol. The fourth-order valence-electron chi connectivity index (χ4n) is 2.24. The van der Waals surface area contributed by atoms with Gasteiger partial charge in [0.25, 0.3) is 5.56 Å². The average molecular weight is 326 g/mol. The number of hydrogen-bond acceptors (Lipinski definition) is 4. The molecule has 0 aliphatic carbocycles. The van der Waals surface area contributed by atoms with Crippen molar-refractivity contribution in [1.82, 2.24) is 9.78 Å². The normalized spacial score (nSPS) is 10.9. The first-order valence-electron chi connectivity index (χ1n) is 6.24. The number of ketones is 1. The van der Waals surface area contributed by atoms with E-state index in [0.717, 1.165) is 0 Å². The first kappa shape index (κ1) is 15.7. The van der Waals surface area contributed by atoms with E-state index in [1.54, 1.807) is 26.1 Å². The zero-order valence-corrected chi connectivity index (χ0v) is 13.6. The van der Waals surface area contributed by atoms with Crippen LogP contribution in [0.15, 0.2) is 16.9 Å². The molecule has 0 radical (unpaired) electrons. The van der Waals surface area contributed by atoms with Gasteiger partial charge in [0, 0.05) is 24.1 Å². The van der Waals surface area contributed by atoms with Crippen molar-refractivity contribution in [3.8, 4) is 0 Å². The van der Waals surface area contributed by atoms with E-state index in [4.69, 9.17) is 17.3 Å². The molecule has 3 N–H and O–H groups in total. The lowest BCUT2D eigenvalue weighted by atomic mass is 9.98. The molecule has 1 aromatic carbocycles. The maximum Gasteiger partial charge on any atom is 0.277 e. The van der Waals surface area contributed by atoms with Gasteiger partial charge in [0.15, 0.2) is 0 Å². The van der Waals surface area contributed by atoms with Crippen molar-refractivity contribution in [2.45, 2.75) is 12.7 Å². The van der Waals surface area contributed by atoms with Crippen LogP contribution in [0.1, 0.15) is 27.2 Å². The number of benzene rings is 1. The molecule has 0 aliphatic rings. The van der Waals surface area contributed by atoms with E-state index in [0.29, 0.717) is 33.3 Å². The summed E-state index contributed by atoms with van der Waals surface area (Å²) in [6, 6.07) is 3.21. The lowest BCUT2D eigenvalue weighted by Gasteiger charge is -2.11. The van der Waals surface area contributed by atoms with Crippen LogP contribution < -0.4 is 11.3 Å². The molecule has 1 aromatic heterocycles. The Labute approximate surface area is 131 Å². The lowest BCUT2D eigenvalue weighted by molar-refractivity contribution is 0.103. The SMILES string of the molecule is CSCc1c(C(=O)c2c(C)[nH]n(C)c2=O)ccc(Cl)c1N. The molecule has 0 amide bonds. The van der Waals surface area contributed by atoms with Gasteiger partial charge in [-0.05, 0) is 30.9 Å². The van der Waals surface area contributed by atoms with E-state index in [-0.39, 0.29) is 16.9 Å². The minimum absolute atomic E-state index is 0.140. The third kappa shape index (κ3) is 2.73. The Kier molecular flexibility index (Phi) is 4.49. The minimum atomic E-state index is -0.346. The van der Waals surface area contributed by atoms with Crippen molar-refractivity contribution in [3.63, 3.8) is 0 Å². The molecular weight excluding hydrogens is 310 g/mol. The number of hydrogen-bond donors (Lipinski definition) is 2. The second kappa shape index (κ2) is 5.99. The number of halogens is 1. The van der Waals surface area contributed by atoms with Crippen molar-refractivity contribution in [3.05, 3.63) is 49.9 Å². The zero-order valence-electron chi connectivity index (χ0n) is 12.0. The number of thioether (sulfide) groups is 1. The Morgan fingerprint density at radius 2 is 2.14 bits per heavy atom. The summed E-state index contributed by atoms with van der Waals surface area (Å²) in [5.41, 5.74) is 7.79. The largest absolute Gasteiger partial charge is 0.397 e. The predicted octanol–water partition coefficient (Wildman–Crippen LogP) is 2.35. The molecule has 7 heteroatoms. The molecule has 0 spiro atoms. The minimum Gasteiger partial charge on any atom is -0.397 e. The summed E-state index contributed by atoms with van der Waals surface area (Å²) in [5, 5.41) is 3.24. The molecule has 5 nitrogen and oxygen atoms in total. The number of nitrogens with two attached hydrogens (primary N) is 1. The highest BCUT2D eigenvalue weighted by Crippen LogP contribution is 2.30. The molecule has 1 heterocycles. The Balaban J connectivity index is 2.64. The van der Waals surface area contributed by atoms with Crippen molar-refractivity contribution in [1.29, 1.82) is 0 Å². The highest BCUT2D eigenvalue weighted by atomic mass is 35.5. The van der Waals surface area contributed by atoms with Crippen LogP contribution in [0, 0.1) is 6.92 Å². The first-order chi connectivity index (χ1) is 9.88. The van der Waals surface area contributed by atoms with Crippen molar-refractivity contribution in [2.75, 3.05) is 12.0 Å². The highest BCUT2D eigenvalue weighted by molar-refractivity contribution is 7.97. The van der Waals surface area contributed by atoms with Gasteiger partial charge in [-0.2, -0.15) is 11.8 Å². The fraction of sp³-hybridized carbons (Fsp3) is 0.286. The lowest BCUT2D eigenvalue weighted by Crippen LogP contribution is -2.20. The number of anilines is 1. The van der Waals surface area contributed by atoms with Crippen LogP contribution in [0.5, 0.6) is 0 Å². The number of nitrogens with one attached hydrogen (secondary N) is 1. The summed E-state index contributed by atoms with van der Waals surface area (Å²) in [7, 11) is 1.57. The summed E-state index contributed by atoms with van der Waals surface area (Å²) < 4.78 is 1.29. The first-order valence-corrected chi connectivity index (χ1v) is 8.01. The van der Waals surface area contributed by atoms with Gasteiger partial charge in [-0.1, -0.05) is 11.6 Å². The molecule has 2 aromatic rings. The number of carbonyl (C=O) groups excluding carboxylic acids is 1.